The summed E-state index contributed by atoms with van der Waals surface area (Å²) in [6.07, 6.45) is 2.21. The highest BCUT2D eigenvalue weighted by molar-refractivity contribution is 7.91. The third-order valence-corrected chi connectivity index (χ3v) is 11.2. The fraction of sp³-hybridized carbons (Fsp3) is 0.455. The normalized spacial score (nSPS) is 20.5. The Morgan fingerprint density at radius 2 is 1.91 bits per heavy atom. The number of benzene rings is 1. The Balaban J connectivity index is 1.29. The van der Waals surface area contributed by atoms with Gasteiger partial charge in [-0.2, -0.15) is 4.31 Å². The first kappa shape index (κ1) is 23.0. The predicted molar refractivity (Wildman–Crippen MR) is 134 cm³/mol. The second kappa shape index (κ2) is 9.14. The standard InChI is InChI=1S/C22H25ClN4O3S3/c1-15-16(23)7-8-18-20(15)24-22(32-18)26-12-10-25(11-13-26)21(28)17-5-2-3-9-27(17)33(29,30)19-6-4-14-31-19/h4,6-8,14,17H,2-3,5,9-13H2,1H3. The Labute approximate surface area is 206 Å². The second-order valence-corrected chi connectivity index (χ2v) is 12.9. The summed E-state index contributed by atoms with van der Waals surface area (Å²) in [5, 5.41) is 3.40. The van der Waals surface area contributed by atoms with Gasteiger partial charge < -0.3 is 9.80 Å². The number of rotatable bonds is 4. The first-order valence-electron chi connectivity index (χ1n) is 11.0. The van der Waals surface area contributed by atoms with Crippen molar-refractivity contribution < 1.29 is 13.2 Å². The van der Waals surface area contributed by atoms with Crippen molar-refractivity contribution in [3.8, 4) is 0 Å². The van der Waals surface area contributed by atoms with Gasteiger partial charge in [-0.15, -0.1) is 11.3 Å². The van der Waals surface area contributed by atoms with Crippen molar-refractivity contribution in [1.82, 2.24) is 14.2 Å². The van der Waals surface area contributed by atoms with Crippen LogP contribution in [0.25, 0.3) is 10.2 Å². The van der Waals surface area contributed by atoms with E-state index in [1.54, 1.807) is 28.8 Å². The van der Waals surface area contributed by atoms with Gasteiger partial charge >= 0.3 is 0 Å². The van der Waals surface area contributed by atoms with Crippen LogP contribution in [0.5, 0.6) is 0 Å². The number of amides is 1. The molecule has 0 radical (unpaired) electrons. The number of sulfonamides is 1. The fourth-order valence-electron chi connectivity index (χ4n) is 4.52. The molecule has 5 rings (SSSR count). The van der Waals surface area contributed by atoms with Gasteiger partial charge in [0.15, 0.2) is 5.13 Å². The smallest absolute Gasteiger partial charge is 0.253 e. The van der Waals surface area contributed by atoms with E-state index in [1.165, 1.54) is 15.6 Å². The zero-order valence-corrected chi connectivity index (χ0v) is 21.4. The SMILES string of the molecule is Cc1c(Cl)ccc2sc(N3CCN(C(=O)C4CCCCN4S(=O)(=O)c4cccs4)CC3)nc12. The summed E-state index contributed by atoms with van der Waals surface area (Å²) in [4.78, 5) is 22.2. The molecule has 7 nitrogen and oxygen atoms in total. The third kappa shape index (κ3) is 4.27. The largest absolute Gasteiger partial charge is 0.345 e. The van der Waals surface area contributed by atoms with Crippen molar-refractivity contribution in [1.29, 1.82) is 0 Å². The lowest BCUT2D eigenvalue weighted by Gasteiger charge is -2.40. The number of aryl methyl sites for hydroxylation is 1. The number of hydrogen-bond donors (Lipinski definition) is 0. The molecular formula is C22H25ClN4O3S3. The molecule has 1 amide bonds. The minimum absolute atomic E-state index is 0.0820. The van der Waals surface area contributed by atoms with E-state index >= 15 is 0 Å². The van der Waals surface area contributed by atoms with E-state index in [-0.39, 0.29) is 5.91 Å². The number of thiazole rings is 1. The van der Waals surface area contributed by atoms with Gasteiger partial charge in [0.2, 0.25) is 5.91 Å². The van der Waals surface area contributed by atoms with E-state index in [4.69, 9.17) is 16.6 Å². The first-order valence-corrected chi connectivity index (χ1v) is 14.5. The van der Waals surface area contributed by atoms with Crippen LogP contribution in [0.2, 0.25) is 5.02 Å². The molecule has 3 aromatic rings. The van der Waals surface area contributed by atoms with Crippen LogP contribution in [0, 0.1) is 6.92 Å². The Bertz CT molecular complexity index is 1270. The summed E-state index contributed by atoms with van der Waals surface area (Å²) in [6, 6.07) is 6.62. The van der Waals surface area contributed by atoms with Crippen LogP contribution in [0.3, 0.4) is 0 Å². The topological polar surface area (TPSA) is 73.8 Å². The highest BCUT2D eigenvalue weighted by Gasteiger charge is 2.40. The predicted octanol–water partition coefficient (Wildman–Crippen LogP) is 4.21. The highest BCUT2D eigenvalue weighted by Crippen LogP contribution is 2.34. The molecule has 0 spiro atoms. The lowest BCUT2D eigenvalue weighted by Crippen LogP contribution is -2.57. The average molecular weight is 525 g/mol. The van der Waals surface area contributed by atoms with Crippen molar-refractivity contribution in [3.63, 3.8) is 0 Å². The van der Waals surface area contributed by atoms with Crippen LogP contribution in [-0.2, 0) is 14.8 Å². The highest BCUT2D eigenvalue weighted by atomic mass is 35.5. The lowest BCUT2D eigenvalue weighted by molar-refractivity contribution is -0.136. The van der Waals surface area contributed by atoms with Gasteiger partial charge in [-0.05, 0) is 48.9 Å². The molecule has 4 heterocycles. The molecule has 0 N–H and O–H groups in total. The average Bonchev–Trinajstić information content (AvgIpc) is 3.52. The fourth-order valence-corrected chi connectivity index (χ4v) is 8.52. The molecule has 0 bridgehead atoms. The molecule has 11 heteroatoms. The van der Waals surface area contributed by atoms with E-state index in [0.717, 1.165) is 33.8 Å². The summed E-state index contributed by atoms with van der Waals surface area (Å²) in [5.41, 5.74) is 1.91. The van der Waals surface area contributed by atoms with E-state index < -0.39 is 16.1 Å². The maximum Gasteiger partial charge on any atom is 0.253 e. The molecule has 33 heavy (non-hydrogen) atoms. The lowest BCUT2D eigenvalue weighted by atomic mass is 10.0. The van der Waals surface area contributed by atoms with Crippen LogP contribution in [0.4, 0.5) is 5.13 Å². The molecule has 2 fully saturated rings. The summed E-state index contributed by atoms with van der Waals surface area (Å²) in [5.74, 6) is -0.0820. The first-order chi connectivity index (χ1) is 15.9. The van der Waals surface area contributed by atoms with Gasteiger partial charge in [0, 0.05) is 37.7 Å². The van der Waals surface area contributed by atoms with Crippen LogP contribution in [0.15, 0.2) is 33.9 Å². The number of anilines is 1. The van der Waals surface area contributed by atoms with Crippen molar-refractivity contribution >= 4 is 65.6 Å². The molecule has 2 aliphatic rings. The molecule has 2 aliphatic heterocycles. The van der Waals surface area contributed by atoms with E-state index in [9.17, 15) is 13.2 Å². The summed E-state index contributed by atoms with van der Waals surface area (Å²) in [6.45, 7) is 4.82. The number of halogens is 1. The van der Waals surface area contributed by atoms with Gasteiger partial charge in [-0.25, -0.2) is 13.4 Å². The van der Waals surface area contributed by atoms with E-state index in [0.29, 0.717) is 48.4 Å². The number of piperazine rings is 1. The van der Waals surface area contributed by atoms with Crippen LogP contribution >= 0.6 is 34.3 Å². The zero-order valence-electron chi connectivity index (χ0n) is 18.2. The summed E-state index contributed by atoms with van der Waals surface area (Å²) < 4.78 is 29.2. The number of carbonyl (C=O) groups excluding carboxylic acids is 1. The maximum absolute atomic E-state index is 13.4. The van der Waals surface area contributed by atoms with Crippen LogP contribution in [0.1, 0.15) is 24.8 Å². The molecule has 1 atom stereocenters. The van der Waals surface area contributed by atoms with Crippen molar-refractivity contribution in [2.24, 2.45) is 0 Å². The van der Waals surface area contributed by atoms with Crippen LogP contribution < -0.4 is 4.90 Å². The second-order valence-electron chi connectivity index (χ2n) is 8.39. The quantitative estimate of drug-likeness (QED) is 0.511. The van der Waals surface area contributed by atoms with Crippen LogP contribution in [-0.4, -0.2) is 67.3 Å². The molecule has 2 saturated heterocycles. The van der Waals surface area contributed by atoms with Crippen molar-refractivity contribution in [2.75, 3.05) is 37.6 Å². The molecule has 0 saturated carbocycles. The molecule has 176 valence electrons. The Kier molecular flexibility index (Phi) is 6.39. The van der Waals surface area contributed by atoms with Gasteiger partial charge in [0.25, 0.3) is 10.0 Å². The molecular weight excluding hydrogens is 500 g/mol. The number of fused-ring (bicyclic) bond motifs is 1. The minimum Gasteiger partial charge on any atom is -0.345 e. The van der Waals surface area contributed by atoms with Crippen molar-refractivity contribution in [3.05, 3.63) is 40.2 Å². The Morgan fingerprint density at radius 1 is 1.12 bits per heavy atom. The zero-order chi connectivity index (χ0) is 23.2. The van der Waals surface area contributed by atoms with Gasteiger partial charge in [-0.1, -0.05) is 35.4 Å². The number of carbonyl (C=O) groups is 1. The van der Waals surface area contributed by atoms with E-state index in [2.05, 4.69) is 4.90 Å². The number of piperidine rings is 1. The summed E-state index contributed by atoms with van der Waals surface area (Å²) in [7, 11) is -3.65. The van der Waals surface area contributed by atoms with Gasteiger partial charge in [0.1, 0.15) is 10.3 Å². The molecule has 0 aliphatic carbocycles. The van der Waals surface area contributed by atoms with Gasteiger partial charge in [-0.3, -0.25) is 4.79 Å². The molecule has 1 aromatic carbocycles. The van der Waals surface area contributed by atoms with Gasteiger partial charge in [0.05, 0.1) is 10.2 Å². The molecule has 1 unspecified atom stereocenters. The number of aromatic nitrogens is 1. The molecule has 2 aromatic heterocycles. The summed E-state index contributed by atoms with van der Waals surface area (Å²) >= 11 is 9.08. The number of thiophene rings is 1. The Hall–Kier alpha value is -1.72. The number of nitrogens with zero attached hydrogens (tertiary/aromatic N) is 4. The van der Waals surface area contributed by atoms with E-state index in [1.807, 2.05) is 24.0 Å². The monoisotopic (exact) mass is 524 g/mol. The Morgan fingerprint density at radius 3 is 2.64 bits per heavy atom. The minimum atomic E-state index is -3.65. The maximum atomic E-state index is 13.4. The number of hydrogen-bond acceptors (Lipinski definition) is 7. The third-order valence-electron chi connectivity index (χ3n) is 6.40. The van der Waals surface area contributed by atoms with Crippen molar-refractivity contribution in [2.45, 2.75) is 36.4 Å².